The largest absolute Gasteiger partial charge is 0.366 e. The zero-order valence-corrected chi connectivity index (χ0v) is 10.6. The molecule has 0 aliphatic heterocycles. The Labute approximate surface area is 111 Å². The smallest absolute Gasteiger partial charge is 0.251 e. The SMILES string of the molecule is NC(=O)c1cnc(CCCCCCC(=O)NO)nc1. The Morgan fingerprint density at radius 3 is 2.37 bits per heavy atom. The highest BCUT2D eigenvalue weighted by atomic mass is 16.5. The van der Waals surface area contributed by atoms with Crippen molar-refractivity contribution in [1.82, 2.24) is 15.4 Å². The van der Waals surface area contributed by atoms with E-state index in [1.807, 2.05) is 0 Å². The van der Waals surface area contributed by atoms with Gasteiger partial charge in [-0.1, -0.05) is 12.8 Å². The fraction of sp³-hybridized carbons (Fsp3) is 0.500. The van der Waals surface area contributed by atoms with E-state index in [9.17, 15) is 9.59 Å². The molecule has 1 aromatic rings. The van der Waals surface area contributed by atoms with E-state index >= 15 is 0 Å². The minimum Gasteiger partial charge on any atom is -0.366 e. The van der Waals surface area contributed by atoms with Gasteiger partial charge in [0.1, 0.15) is 5.82 Å². The number of unbranched alkanes of at least 4 members (excludes halogenated alkanes) is 3. The van der Waals surface area contributed by atoms with Crippen LogP contribution in [0.3, 0.4) is 0 Å². The van der Waals surface area contributed by atoms with Crippen molar-refractivity contribution in [2.45, 2.75) is 38.5 Å². The summed E-state index contributed by atoms with van der Waals surface area (Å²) in [5.74, 6) is -0.211. The summed E-state index contributed by atoms with van der Waals surface area (Å²) in [6, 6.07) is 0. The summed E-state index contributed by atoms with van der Waals surface area (Å²) >= 11 is 0. The van der Waals surface area contributed by atoms with E-state index in [0.29, 0.717) is 17.8 Å². The number of carbonyl (C=O) groups is 2. The van der Waals surface area contributed by atoms with Gasteiger partial charge in [-0.05, 0) is 12.8 Å². The van der Waals surface area contributed by atoms with Gasteiger partial charge < -0.3 is 5.73 Å². The van der Waals surface area contributed by atoms with Crippen LogP contribution in [0.2, 0.25) is 0 Å². The van der Waals surface area contributed by atoms with Crippen molar-refractivity contribution in [1.29, 1.82) is 0 Å². The second-order valence-corrected chi connectivity index (χ2v) is 4.20. The highest BCUT2D eigenvalue weighted by molar-refractivity contribution is 5.92. The molecular weight excluding hydrogens is 248 g/mol. The van der Waals surface area contributed by atoms with Crippen LogP contribution in [-0.2, 0) is 11.2 Å². The van der Waals surface area contributed by atoms with Gasteiger partial charge in [0.15, 0.2) is 0 Å². The predicted molar refractivity (Wildman–Crippen MR) is 67.3 cm³/mol. The molecule has 0 aromatic carbocycles. The van der Waals surface area contributed by atoms with Crippen molar-refractivity contribution in [3.8, 4) is 0 Å². The number of hydrogen-bond acceptors (Lipinski definition) is 5. The third-order valence-corrected chi connectivity index (χ3v) is 2.67. The summed E-state index contributed by atoms with van der Waals surface area (Å²) in [5, 5.41) is 8.30. The average molecular weight is 266 g/mol. The van der Waals surface area contributed by atoms with E-state index in [0.717, 1.165) is 32.1 Å². The molecule has 1 heterocycles. The Morgan fingerprint density at radius 2 is 1.79 bits per heavy atom. The molecule has 2 amide bonds. The number of aryl methyl sites for hydroxylation is 1. The van der Waals surface area contributed by atoms with Crippen LogP contribution < -0.4 is 11.2 Å². The molecule has 1 aromatic heterocycles. The van der Waals surface area contributed by atoms with Gasteiger partial charge >= 0.3 is 0 Å². The maximum atomic E-state index is 10.8. The number of aromatic nitrogens is 2. The van der Waals surface area contributed by atoms with Crippen LogP contribution in [0.15, 0.2) is 12.4 Å². The monoisotopic (exact) mass is 266 g/mol. The molecule has 0 fully saturated rings. The van der Waals surface area contributed by atoms with Crippen molar-refractivity contribution in [3.05, 3.63) is 23.8 Å². The first kappa shape index (κ1) is 15.0. The molecule has 0 aliphatic rings. The Balaban J connectivity index is 2.15. The van der Waals surface area contributed by atoms with E-state index in [4.69, 9.17) is 10.9 Å². The van der Waals surface area contributed by atoms with E-state index in [-0.39, 0.29) is 5.91 Å². The van der Waals surface area contributed by atoms with Crippen molar-refractivity contribution in [3.63, 3.8) is 0 Å². The summed E-state index contributed by atoms with van der Waals surface area (Å²) in [5.41, 5.74) is 6.99. The summed E-state index contributed by atoms with van der Waals surface area (Å²) in [6.07, 6.45) is 7.44. The summed E-state index contributed by atoms with van der Waals surface area (Å²) < 4.78 is 0. The number of primary amides is 1. The molecule has 19 heavy (non-hydrogen) atoms. The van der Waals surface area contributed by atoms with Gasteiger partial charge in [0.2, 0.25) is 5.91 Å². The number of hydroxylamine groups is 1. The Bertz CT molecular complexity index is 419. The third kappa shape index (κ3) is 5.91. The number of carbonyl (C=O) groups excluding carboxylic acids is 2. The number of hydrogen-bond donors (Lipinski definition) is 3. The summed E-state index contributed by atoms with van der Waals surface area (Å²) in [6.45, 7) is 0. The van der Waals surface area contributed by atoms with Crippen LogP contribution >= 0.6 is 0 Å². The fourth-order valence-electron chi connectivity index (χ4n) is 1.59. The molecule has 0 unspecified atom stereocenters. The van der Waals surface area contributed by atoms with Crippen molar-refractivity contribution >= 4 is 11.8 Å². The van der Waals surface area contributed by atoms with Gasteiger partial charge in [-0.2, -0.15) is 0 Å². The molecule has 104 valence electrons. The Hall–Kier alpha value is -2.02. The molecule has 0 atom stereocenters. The van der Waals surface area contributed by atoms with Gasteiger partial charge in [-0.3, -0.25) is 14.8 Å². The number of nitrogens with zero attached hydrogens (tertiary/aromatic N) is 2. The van der Waals surface area contributed by atoms with E-state index in [1.165, 1.54) is 12.4 Å². The second-order valence-electron chi connectivity index (χ2n) is 4.20. The maximum Gasteiger partial charge on any atom is 0.251 e. The van der Waals surface area contributed by atoms with Crippen LogP contribution in [0.1, 0.15) is 48.3 Å². The number of nitrogens with two attached hydrogens (primary N) is 1. The molecule has 0 aliphatic carbocycles. The van der Waals surface area contributed by atoms with Crippen LogP contribution in [-0.4, -0.2) is 27.0 Å². The number of rotatable bonds is 8. The maximum absolute atomic E-state index is 10.8. The molecule has 4 N–H and O–H groups in total. The molecule has 0 saturated carbocycles. The van der Waals surface area contributed by atoms with Crippen LogP contribution in [0.5, 0.6) is 0 Å². The third-order valence-electron chi connectivity index (χ3n) is 2.67. The first-order valence-electron chi connectivity index (χ1n) is 6.17. The Morgan fingerprint density at radius 1 is 1.16 bits per heavy atom. The van der Waals surface area contributed by atoms with E-state index < -0.39 is 5.91 Å². The normalized spacial score (nSPS) is 10.2. The van der Waals surface area contributed by atoms with Crippen molar-refractivity contribution in [2.24, 2.45) is 5.73 Å². The average Bonchev–Trinajstić information content (AvgIpc) is 2.42. The summed E-state index contributed by atoms with van der Waals surface area (Å²) in [7, 11) is 0. The van der Waals surface area contributed by atoms with Crippen molar-refractivity contribution in [2.75, 3.05) is 0 Å². The van der Waals surface area contributed by atoms with E-state index in [1.54, 1.807) is 5.48 Å². The van der Waals surface area contributed by atoms with Crippen molar-refractivity contribution < 1.29 is 14.8 Å². The number of amides is 2. The lowest BCUT2D eigenvalue weighted by molar-refractivity contribution is -0.129. The molecule has 7 heteroatoms. The van der Waals surface area contributed by atoms with Crippen LogP contribution in [0.4, 0.5) is 0 Å². The molecular formula is C12H18N4O3. The molecule has 0 bridgehead atoms. The highest BCUT2D eigenvalue weighted by Crippen LogP contribution is 2.06. The first-order chi connectivity index (χ1) is 9.13. The molecule has 1 rings (SSSR count). The highest BCUT2D eigenvalue weighted by Gasteiger charge is 2.03. The quantitative estimate of drug-likeness (QED) is 0.361. The molecule has 0 saturated heterocycles. The van der Waals surface area contributed by atoms with Crippen LogP contribution in [0.25, 0.3) is 0 Å². The lowest BCUT2D eigenvalue weighted by Crippen LogP contribution is -2.17. The predicted octanol–water partition coefficient (Wildman–Crippen LogP) is 0.574. The lowest BCUT2D eigenvalue weighted by atomic mass is 10.1. The topological polar surface area (TPSA) is 118 Å². The molecule has 0 radical (unpaired) electrons. The first-order valence-corrected chi connectivity index (χ1v) is 6.17. The number of nitrogens with one attached hydrogen (secondary N) is 1. The zero-order chi connectivity index (χ0) is 14.1. The molecule has 0 spiro atoms. The minimum absolute atomic E-state index is 0.304. The Kier molecular flexibility index (Phi) is 6.45. The van der Waals surface area contributed by atoms with Gasteiger partial charge in [-0.15, -0.1) is 0 Å². The van der Waals surface area contributed by atoms with Crippen LogP contribution in [0, 0.1) is 0 Å². The summed E-state index contributed by atoms with van der Waals surface area (Å²) in [4.78, 5) is 29.7. The minimum atomic E-state index is -0.534. The zero-order valence-electron chi connectivity index (χ0n) is 10.6. The van der Waals surface area contributed by atoms with Gasteiger partial charge in [0, 0.05) is 25.2 Å². The second kappa shape index (κ2) is 8.15. The van der Waals surface area contributed by atoms with Gasteiger partial charge in [0.05, 0.1) is 5.56 Å². The fourth-order valence-corrected chi connectivity index (χ4v) is 1.59. The molecule has 7 nitrogen and oxygen atoms in total. The van der Waals surface area contributed by atoms with Gasteiger partial charge in [0.25, 0.3) is 5.91 Å². The lowest BCUT2D eigenvalue weighted by Gasteiger charge is -2.01. The standard InChI is InChI=1S/C12H18N4O3/c13-12(18)9-7-14-10(15-8-9)5-3-1-2-4-6-11(17)16-19/h7-8,19H,1-6H2,(H2,13,18)(H,16,17). The van der Waals surface area contributed by atoms with E-state index in [2.05, 4.69) is 9.97 Å². The van der Waals surface area contributed by atoms with Gasteiger partial charge in [-0.25, -0.2) is 15.4 Å².